The number of nitrogens with zero attached hydrogens (tertiary/aromatic N) is 1. The summed E-state index contributed by atoms with van der Waals surface area (Å²) in [6, 6.07) is 20.3. The summed E-state index contributed by atoms with van der Waals surface area (Å²) in [6.45, 7) is 1.44. The number of nitrogens with one attached hydrogen (secondary N) is 2. The third kappa shape index (κ3) is 2.89. The fourth-order valence-corrected chi connectivity index (χ4v) is 2.74. The van der Waals surface area contributed by atoms with Crippen LogP contribution in [0.2, 0.25) is 0 Å². The van der Waals surface area contributed by atoms with E-state index in [9.17, 15) is 0 Å². The summed E-state index contributed by atoms with van der Waals surface area (Å²) in [5.74, 6) is 0.837. The molecule has 4 nitrogen and oxygen atoms in total. The van der Waals surface area contributed by atoms with Crippen molar-refractivity contribution in [3.63, 3.8) is 0 Å². The van der Waals surface area contributed by atoms with E-state index in [2.05, 4.69) is 33.7 Å². The van der Waals surface area contributed by atoms with Gasteiger partial charge < -0.3 is 14.8 Å². The highest BCUT2D eigenvalue weighted by atomic mass is 16.5. The molecular formula is C19H17N3O. The first-order chi connectivity index (χ1) is 11.4. The Morgan fingerprint density at radius 1 is 0.957 bits per heavy atom. The molecule has 0 saturated carbocycles. The summed E-state index contributed by atoms with van der Waals surface area (Å²) in [4.78, 5) is 3.29. The molecule has 2 aromatic carbocycles. The molecule has 4 heteroatoms. The van der Waals surface area contributed by atoms with E-state index in [1.165, 1.54) is 10.9 Å². The Balaban J connectivity index is 1.41. The van der Waals surface area contributed by atoms with Gasteiger partial charge in [-0.15, -0.1) is 0 Å². The largest absolute Gasteiger partial charge is 0.361 e. The smallest absolute Gasteiger partial charge is 0.151 e. The van der Waals surface area contributed by atoms with Crippen LogP contribution >= 0.6 is 0 Å². The summed E-state index contributed by atoms with van der Waals surface area (Å²) in [5, 5.41) is 8.79. The van der Waals surface area contributed by atoms with Crippen LogP contribution in [0.15, 0.2) is 71.4 Å². The van der Waals surface area contributed by atoms with Gasteiger partial charge in [-0.3, -0.25) is 0 Å². The average molecular weight is 303 g/mol. The van der Waals surface area contributed by atoms with E-state index < -0.39 is 0 Å². The summed E-state index contributed by atoms with van der Waals surface area (Å²) >= 11 is 0. The zero-order valence-electron chi connectivity index (χ0n) is 12.6. The molecule has 0 saturated heterocycles. The number of hydrogen-bond donors (Lipinski definition) is 2. The highest BCUT2D eigenvalue weighted by Gasteiger charge is 2.07. The van der Waals surface area contributed by atoms with Gasteiger partial charge >= 0.3 is 0 Å². The van der Waals surface area contributed by atoms with Crippen LogP contribution in [0.25, 0.3) is 22.2 Å². The Morgan fingerprint density at radius 2 is 1.78 bits per heavy atom. The number of para-hydroxylation sites is 1. The minimum absolute atomic E-state index is 0.652. The molecule has 4 aromatic rings. The van der Waals surface area contributed by atoms with E-state index >= 15 is 0 Å². The maximum atomic E-state index is 5.41. The van der Waals surface area contributed by atoms with Gasteiger partial charge in [0.1, 0.15) is 5.69 Å². The highest BCUT2D eigenvalue weighted by molar-refractivity contribution is 5.82. The zero-order valence-corrected chi connectivity index (χ0v) is 12.6. The van der Waals surface area contributed by atoms with Crippen LogP contribution in [0.5, 0.6) is 0 Å². The van der Waals surface area contributed by atoms with Crippen molar-refractivity contribution in [2.24, 2.45) is 0 Å². The van der Waals surface area contributed by atoms with Gasteiger partial charge in [0, 0.05) is 35.3 Å². The van der Waals surface area contributed by atoms with Gasteiger partial charge in [0.2, 0.25) is 0 Å². The zero-order chi connectivity index (χ0) is 15.5. The van der Waals surface area contributed by atoms with Crippen molar-refractivity contribution in [1.82, 2.24) is 15.5 Å². The quantitative estimate of drug-likeness (QED) is 0.583. The Bertz CT molecular complexity index is 908. The SMILES string of the molecule is c1ccc(-c2cc(CNCc3c[nH]c4ccccc34)on2)cc1. The molecule has 114 valence electrons. The fraction of sp³-hybridized carbons (Fsp3) is 0.105. The van der Waals surface area contributed by atoms with Crippen molar-refractivity contribution in [3.05, 3.63) is 78.2 Å². The molecule has 0 amide bonds. The van der Waals surface area contributed by atoms with E-state index in [0.717, 1.165) is 29.1 Å². The Kier molecular flexibility index (Phi) is 3.66. The third-order valence-corrected chi connectivity index (χ3v) is 3.92. The van der Waals surface area contributed by atoms with Crippen molar-refractivity contribution >= 4 is 10.9 Å². The molecule has 0 aliphatic carbocycles. The molecule has 23 heavy (non-hydrogen) atoms. The van der Waals surface area contributed by atoms with Crippen LogP contribution in [0.1, 0.15) is 11.3 Å². The van der Waals surface area contributed by atoms with E-state index in [1.54, 1.807) is 0 Å². The van der Waals surface area contributed by atoms with Gasteiger partial charge in [-0.25, -0.2) is 0 Å². The van der Waals surface area contributed by atoms with Crippen LogP contribution in [0.3, 0.4) is 0 Å². The molecular weight excluding hydrogens is 286 g/mol. The van der Waals surface area contributed by atoms with E-state index in [0.29, 0.717) is 6.54 Å². The van der Waals surface area contributed by atoms with Crippen LogP contribution in [-0.4, -0.2) is 10.1 Å². The third-order valence-electron chi connectivity index (χ3n) is 3.92. The number of H-pyrrole nitrogens is 1. The van der Waals surface area contributed by atoms with Crippen molar-refractivity contribution in [3.8, 4) is 11.3 Å². The fourth-order valence-electron chi connectivity index (χ4n) is 2.74. The van der Waals surface area contributed by atoms with Crippen LogP contribution in [-0.2, 0) is 13.1 Å². The molecule has 0 spiro atoms. The Labute approximate surface area is 134 Å². The van der Waals surface area contributed by atoms with Crippen molar-refractivity contribution < 1.29 is 4.52 Å². The summed E-state index contributed by atoms with van der Waals surface area (Å²) < 4.78 is 5.41. The molecule has 2 aromatic heterocycles. The predicted octanol–water partition coefficient (Wildman–Crippen LogP) is 4.11. The minimum Gasteiger partial charge on any atom is -0.361 e. The number of fused-ring (bicyclic) bond motifs is 1. The normalized spacial score (nSPS) is 11.1. The highest BCUT2D eigenvalue weighted by Crippen LogP contribution is 2.19. The van der Waals surface area contributed by atoms with E-state index in [-0.39, 0.29) is 0 Å². The van der Waals surface area contributed by atoms with Gasteiger partial charge in [0.15, 0.2) is 5.76 Å². The second-order valence-electron chi connectivity index (χ2n) is 5.51. The molecule has 4 rings (SSSR count). The number of benzene rings is 2. The number of aromatic amines is 1. The van der Waals surface area contributed by atoms with Crippen LogP contribution < -0.4 is 5.32 Å². The Hall–Kier alpha value is -2.85. The van der Waals surface area contributed by atoms with Gasteiger partial charge in [-0.2, -0.15) is 0 Å². The first kappa shape index (κ1) is 13.8. The van der Waals surface area contributed by atoms with Gasteiger partial charge in [0.25, 0.3) is 0 Å². The van der Waals surface area contributed by atoms with Gasteiger partial charge in [-0.1, -0.05) is 53.7 Å². The number of rotatable bonds is 5. The molecule has 2 N–H and O–H groups in total. The van der Waals surface area contributed by atoms with Crippen LogP contribution in [0, 0.1) is 0 Å². The van der Waals surface area contributed by atoms with Gasteiger partial charge in [0.05, 0.1) is 6.54 Å². The molecule has 0 fully saturated rings. The molecule has 0 atom stereocenters. The molecule has 0 radical (unpaired) electrons. The lowest BCUT2D eigenvalue weighted by Crippen LogP contribution is -2.11. The number of aromatic nitrogens is 2. The molecule has 0 unspecified atom stereocenters. The molecule has 0 aliphatic heterocycles. The van der Waals surface area contributed by atoms with Gasteiger partial charge in [-0.05, 0) is 11.6 Å². The minimum atomic E-state index is 0.652. The predicted molar refractivity (Wildman–Crippen MR) is 90.8 cm³/mol. The lowest BCUT2D eigenvalue weighted by Gasteiger charge is -2.00. The first-order valence-electron chi connectivity index (χ1n) is 7.67. The monoisotopic (exact) mass is 303 g/mol. The standard InChI is InChI=1S/C19H17N3O/c1-2-6-14(7-3-1)19-10-16(23-22-19)13-20-11-15-12-21-18-9-5-4-8-17(15)18/h1-10,12,20-21H,11,13H2. The Morgan fingerprint density at radius 3 is 2.70 bits per heavy atom. The molecule has 0 aliphatic rings. The second kappa shape index (κ2) is 6.10. The van der Waals surface area contributed by atoms with Crippen molar-refractivity contribution in [1.29, 1.82) is 0 Å². The summed E-state index contributed by atoms with van der Waals surface area (Å²) in [7, 11) is 0. The van der Waals surface area contributed by atoms with E-state index in [4.69, 9.17) is 4.52 Å². The maximum absolute atomic E-state index is 5.41. The van der Waals surface area contributed by atoms with Crippen LogP contribution in [0.4, 0.5) is 0 Å². The molecule has 0 bridgehead atoms. The second-order valence-corrected chi connectivity index (χ2v) is 5.51. The summed E-state index contributed by atoms with van der Waals surface area (Å²) in [5.41, 5.74) is 4.35. The van der Waals surface area contributed by atoms with Crippen molar-refractivity contribution in [2.45, 2.75) is 13.1 Å². The molecule has 2 heterocycles. The lowest BCUT2D eigenvalue weighted by molar-refractivity contribution is 0.374. The van der Waals surface area contributed by atoms with E-state index in [1.807, 2.05) is 48.7 Å². The maximum Gasteiger partial charge on any atom is 0.151 e. The average Bonchev–Trinajstić information content (AvgIpc) is 3.23. The topological polar surface area (TPSA) is 53.9 Å². The number of hydrogen-bond acceptors (Lipinski definition) is 3. The summed E-state index contributed by atoms with van der Waals surface area (Å²) in [6.07, 6.45) is 2.05. The lowest BCUT2D eigenvalue weighted by atomic mass is 10.1. The van der Waals surface area contributed by atoms with Crippen molar-refractivity contribution in [2.75, 3.05) is 0 Å². The first-order valence-corrected chi connectivity index (χ1v) is 7.67.